The number of methoxy groups -OCH3 is 1. The topological polar surface area (TPSA) is 42.8 Å². The lowest BCUT2D eigenvalue weighted by Gasteiger charge is -2.09. The number of rotatable bonds is 8. The van der Waals surface area contributed by atoms with Gasteiger partial charge in [-0.25, -0.2) is 0 Å². The van der Waals surface area contributed by atoms with Crippen LogP contribution in [0.2, 0.25) is 0 Å². The number of nitrogens with one attached hydrogen (secondary N) is 2. The minimum Gasteiger partial charge on any atom is -0.497 e. The average Bonchev–Trinajstić information content (AvgIpc) is 2.59. The maximum absolute atomic E-state index is 12.0. The molecule has 0 saturated carbocycles. The highest BCUT2D eigenvalue weighted by Crippen LogP contribution is 2.20. The molecule has 0 unspecified atom stereocenters. The first-order valence-corrected chi connectivity index (χ1v) is 8.96. The summed E-state index contributed by atoms with van der Waals surface area (Å²) in [5.41, 5.74) is 2.43. The van der Waals surface area contributed by atoms with E-state index >= 15 is 0 Å². The van der Waals surface area contributed by atoms with Crippen molar-refractivity contribution in [3.8, 4) is 5.75 Å². The first kappa shape index (κ1) is 18.4. The zero-order valence-electron chi connectivity index (χ0n) is 14.5. The molecule has 5 heteroatoms. The number of carbonyl (C=O) groups excluding carboxylic acids is 1. The monoisotopic (exact) mass is 345 g/mol. The van der Waals surface area contributed by atoms with Crippen molar-refractivity contribution >= 4 is 17.7 Å². The summed E-state index contributed by atoms with van der Waals surface area (Å²) >= 11 is 1.52. The number of quaternary nitrogens is 1. The van der Waals surface area contributed by atoms with Crippen molar-refractivity contribution in [2.24, 2.45) is 0 Å². The molecular formula is C19H25N2O2S+. The summed E-state index contributed by atoms with van der Waals surface area (Å²) in [6.45, 7) is 1.57. The highest BCUT2D eigenvalue weighted by atomic mass is 32.2. The Balaban J connectivity index is 1.74. The van der Waals surface area contributed by atoms with E-state index in [1.54, 1.807) is 7.11 Å². The molecule has 0 bridgehead atoms. The van der Waals surface area contributed by atoms with E-state index in [9.17, 15) is 4.79 Å². The van der Waals surface area contributed by atoms with Crippen LogP contribution in [-0.2, 0) is 17.9 Å². The minimum atomic E-state index is 0.0395. The summed E-state index contributed by atoms with van der Waals surface area (Å²) < 4.78 is 5.12. The van der Waals surface area contributed by atoms with Crippen LogP contribution in [0.4, 0.5) is 0 Å². The third-order valence-corrected chi connectivity index (χ3v) is 4.51. The van der Waals surface area contributed by atoms with E-state index in [1.807, 2.05) is 24.3 Å². The van der Waals surface area contributed by atoms with Gasteiger partial charge >= 0.3 is 0 Å². The molecule has 0 aliphatic rings. The van der Waals surface area contributed by atoms with Gasteiger partial charge in [0.25, 0.3) is 0 Å². The first-order chi connectivity index (χ1) is 11.6. The molecule has 0 spiro atoms. The Morgan fingerprint density at radius 1 is 1.04 bits per heavy atom. The van der Waals surface area contributed by atoms with E-state index < -0.39 is 0 Å². The van der Waals surface area contributed by atoms with Gasteiger partial charge in [0.05, 0.1) is 27.0 Å². The predicted octanol–water partition coefficient (Wildman–Crippen LogP) is 1.75. The van der Waals surface area contributed by atoms with Crippen molar-refractivity contribution in [3.05, 3.63) is 59.7 Å². The molecule has 24 heavy (non-hydrogen) atoms. The molecule has 0 saturated heterocycles. The molecule has 0 fully saturated rings. The van der Waals surface area contributed by atoms with Crippen LogP contribution in [0.15, 0.2) is 53.4 Å². The standard InChI is InChI=1S/C19H24N2O2S/c1-21(2)13-16-6-4-15(5-7-16)12-20-19(22)14-24-18-10-8-17(23-3)9-11-18/h4-11H,12-14H2,1-3H3,(H,20,22)/p+1. The minimum absolute atomic E-state index is 0.0395. The Hall–Kier alpha value is -1.98. The second-order valence-corrected chi connectivity index (χ2v) is 6.99. The van der Waals surface area contributed by atoms with Gasteiger partial charge in [-0.3, -0.25) is 4.79 Å². The Kier molecular flexibility index (Phi) is 7.15. The summed E-state index contributed by atoms with van der Waals surface area (Å²) in [5, 5.41) is 2.96. The molecule has 1 amide bonds. The third-order valence-electron chi connectivity index (χ3n) is 3.50. The molecular weight excluding hydrogens is 320 g/mol. The Morgan fingerprint density at radius 3 is 2.25 bits per heavy atom. The van der Waals surface area contributed by atoms with Crippen LogP contribution in [-0.4, -0.2) is 32.9 Å². The smallest absolute Gasteiger partial charge is 0.230 e. The number of benzene rings is 2. The summed E-state index contributed by atoms with van der Waals surface area (Å²) in [6, 6.07) is 16.1. The zero-order chi connectivity index (χ0) is 17.4. The lowest BCUT2D eigenvalue weighted by atomic mass is 10.1. The maximum Gasteiger partial charge on any atom is 0.230 e. The highest BCUT2D eigenvalue weighted by molar-refractivity contribution is 8.00. The van der Waals surface area contributed by atoms with Crippen LogP contribution < -0.4 is 15.0 Å². The van der Waals surface area contributed by atoms with Crippen molar-refractivity contribution < 1.29 is 14.4 Å². The molecule has 0 aliphatic heterocycles. The van der Waals surface area contributed by atoms with Crippen molar-refractivity contribution in [2.45, 2.75) is 18.0 Å². The van der Waals surface area contributed by atoms with E-state index in [0.717, 1.165) is 22.8 Å². The summed E-state index contributed by atoms with van der Waals surface area (Å²) in [6.07, 6.45) is 0. The Bertz CT molecular complexity index is 639. The molecule has 0 heterocycles. The second kappa shape index (κ2) is 9.35. The van der Waals surface area contributed by atoms with E-state index in [4.69, 9.17) is 4.74 Å². The van der Waals surface area contributed by atoms with Crippen LogP contribution in [0.25, 0.3) is 0 Å². The molecule has 128 valence electrons. The van der Waals surface area contributed by atoms with Crippen molar-refractivity contribution in [3.63, 3.8) is 0 Å². The molecule has 4 nitrogen and oxygen atoms in total. The largest absolute Gasteiger partial charge is 0.497 e. The fourth-order valence-corrected chi connectivity index (χ4v) is 2.98. The molecule has 0 atom stereocenters. The number of ether oxygens (including phenoxy) is 1. The van der Waals surface area contributed by atoms with Gasteiger partial charge < -0.3 is 15.0 Å². The third kappa shape index (κ3) is 6.26. The van der Waals surface area contributed by atoms with Crippen molar-refractivity contribution in [1.29, 1.82) is 0 Å². The molecule has 2 rings (SSSR count). The maximum atomic E-state index is 12.0. The molecule has 0 radical (unpaired) electrons. The normalized spacial score (nSPS) is 10.7. The molecule has 0 aliphatic carbocycles. The number of hydrogen-bond donors (Lipinski definition) is 2. The number of carbonyl (C=O) groups is 1. The lowest BCUT2D eigenvalue weighted by Crippen LogP contribution is -3.04. The number of thioether (sulfide) groups is 1. The van der Waals surface area contributed by atoms with E-state index in [0.29, 0.717) is 12.3 Å². The van der Waals surface area contributed by atoms with Crippen molar-refractivity contribution in [2.75, 3.05) is 27.0 Å². The summed E-state index contributed by atoms with van der Waals surface area (Å²) in [5.74, 6) is 1.27. The SMILES string of the molecule is COc1ccc(SCC(=O)NCc2ccc(C[NH+](C)C)cc2)cc1. The molecule has 0 aromatic heterocycles. The second-order valence-electron chi connectivity index (χ2n) is 5.94. The molecule has 2 aromatic carbocycles. The van der Waals surface area contributed by atoms with Gasteiger partial charge in [0, 0.05) is 17.0 Å². The fourth-order valence-electron chi connectivity index (χ4n) is 2.26. The first-order valence-electron chi connectivity index (χ1n) is 7.97. The number of amides is 1. The summed E-state index contributed by atoms with van der Waals surface area (Å²) in [4.78, 5) is 14.4. The lowest BCUT2D eigenvalue weighted by molar-refractivity contribution is -0.872. The van der Waals surface area contributed by atoms with Gasteiger partial charge in [-0.1, -0.05) is 24.3 Å². The van der Waals surface area contributed by atoms with Gasteiger partial charge in [-0.05, 0) is 29.8 Å². The van der Waals surface area contributed by atoms with Gasteiger partial charge in [0.15, 0.2) is 0 Å². The summed E-state index contributed by atoms with van der Waals surface area (Å²) in [7, 11) is 5.91. The highest BCUT2D eigenvalue weighted by Gasteiger charge is 2.04. The van der Waals surface area contributed by atoms with Crippen LogP contribution in [0.3, 0.4) is 0 Å². The van der Waals surface area contributed by atoms with E-state index in [-0.39, 0.29) is 5.91 Å². The fraction of sp³-hybridized carbons (Fsp3) is 0.316. The van der Waals surface area contributed by atoms with Gasteiger partial charge in [0.2, 0.25) is 5.91 Å². The average molecular weight is 345 g/mol. The molecule has 2 aromatic rings. The number of hydrogen-bond acceptors (Lipinski definition) is 3. The van der Waals surface area contributed by atoms with Crippen LogP contribution >= 0.6 is 11.8 Å². The quantitative estimate of drug-likeness (QED) is 0.717. The van der Waals surface area contributed by atoms with Crippen LogP contribution in [0.5, 0.6) is 5.75 Å². The Labute approximate surface area is 148 Å². The van der Waals surface area contributed by atoms with E-state index in [1.165, 1.54) is 22.2 Å². The Morgan fingerprint density at radius 2 is 1.67 bits per heavy atom. The van der Waals surface area contributed by atoms with Crippen LogP contribution in [0, 0.1) is 0 Å². The van der Waals surface area contributed by atoms with E-state index in [2.05, 4.69) is 43.7 Å². The van der Waals surface area contributed by atoms with Gasteiger partial charge in [-0.15, -0.1) is 11.8 Å². The predicted molar refractivity (Wildman–Crippen MR) is 98.5 cm³/mol. The van der Waals surface area contributed by atoms with Crippen LogP contribution in [0.1, 0.15) is 11.1 Å². The molecule has 2 N–H and O–H groups in total. The van der Waals surface area contributed by atoms with Gasteiger partial charge in [0.1, 0.15) is 12.3 Å². The van der Waals surface area contributed by atoms with Gasteiger partial charge in [-0.2, -0.15) is 0 Å². The zero-order valence-corrected chi connectivity index (χ0v) is 15.3. The van der Waals surface area contributed by atoms with Crippen molar-refractivity contribution in [1.82, 2.24) is 5.32 Å².